The third kappa shape index (κ3) is 3.61. The Hall–Kier alpha value is -2.93. The average Bonchev–Trinajstić information content (AvgIpc) is 3.02. The Bertz CT molecular complexity index is 898. The molecule has 1 aromatic heterocycles. The standard InChI is InChI=1S/C17H17ClN4O3/c1-23-14-6-10(7-15(24-2)16(14)25-3)9-19-22-17-20-12-5-4-11(18)8-13(12)21-17/h4-9H,1-3H3,(H2,20,21,22)/b19-9+. The molecule has 0 saturated heterocycles. The smallest absolute Gasteiger partial charge is 0.222 e. The second kappa shape index (κ2) is 7.31. The molecule has 130 valence electrons. The molecule has 0 aliphatic heterocycles. The van der Waals surface area contributed by atoms with Gasteiger partial charge < -0.3 is 19.2 Å². The lowest BCUT2D eigenvalue weighted by Gasteiger charge is -2.12. The molecule has 0 aliphatic carbocycles. The van der Waals surface area contributed by atoms with Crippen molar-refractivity contribution in [3.05, 3.63) is 40.9 Å². The highest BCUT2D eigenvalue weighted by molar-refractivity contribution is 6.31. The van der Waals surface area contributed by atoms with Crippen molar-refractivity contribution in [2.24, 2.45) is 5.10 Å². The predicted molar refractivity (Wildman–Crippen MR) is 98.4 cm³/mol. The second-order valence-electron chi connectivity index (χ2n) is 5.08. The lowest BCUT2D eigenvalue weighted by molar-refractivity contribution is 0.324. The number of benzene rings is 2. The van der Waals surface area contributed by atoms with Gasteiger partial charge in [0.25, 0.3) is 0 Å². The van der Waals surface area contributed by atoms with Gasteiger partial charge in [-0.15, -0.1) is 0 Å². The average molecular weight is 361 g/mol. The molecule has 7 nitrogen and oxygen atoms in total. The molecule has 3 aromatic rings. The van der Waals surface area contributed by atoms with Crippen LogP contribution in [0.25, 0.3) is 11.0 Å². The summed E-state index contributed by atoms with van der Waals surface area (Å²) in [5.41, 5.74) is 5.26. The van der Waals surface area contributed by atoms with Crippen molar-refractivity contribution >= 4 is 34.8 Å². The third-order valence-corrected chi connectivity index (χ3v) is 3.75. The zero-order valence-electron chi connectivity index (χ0n) is 14.0. The van der Waals surface area contributed by atoms with Crippen molar-refractivity contribution in [1.29, 1.82) is 0 Å². The summed E-state index contributed by atoms with van der Waals surface area (Å²) >= 11 is 5.96. The van der Waals surface area contributed by atoms with Crippen LogP contribution in [0.4, 0.5) is 5.95 Å². The summed E-state index contributed by atoms with van der Waals surface area (Å²) in [4.78, 5) is 7.47. The molecule has 3 rings (SSSR count). The fourth-order valence-corrected chi connectivity index (χ4v) is 2.55. The van der Waals surface area contributed by atoms with Gasteiger partial charge in [0.2, 0.25) is 11.7 Å². The van der Waals surface area contributed by atoms with E-state index in [0.717, 1.165) is 16.6 Å². The molecule has 0 fully saturated rings. The van der Waals surface area contributed by atoms with Gasteiger partial charge in [0.15, 0.2) is 11.5 Å². The molecule has 0 bridgehead atoms. The highest BCUT2D eigenvalue weighted by atomic mass is 35.5. The van der Waals surface area contributed by atoms with E-state index in [1.54, 1.807) is 51.8 Å². The molecular weight excluding hydrogens is 344 g/mol. The van der Waals surface area contributed by atoms with E-state index in [1.807, 2.05) is 6.07 Å². The van der Waals surface area contributed by atoms with Crippen LogP contribution in [0.3, 0.4) is 0 Å². The lowest BCUT2D eigenvalue weighted by atomic mass is 10.2. The van der Waals surface area contributed by atoms with Gasteiger partial charge in [-0.3, -0.25) is 0 Å². The van der Waals surface area contributed by atoms with Crippen molar-refractivity contribution in [2.45, 2.75) is 0 Å². The monoisotopic (exact) mass is 360 g/mol. The minimum absolute atomic E-state index is 0.515. The maximum Gasteiger partial charge on any atom is 0.222 e. The van der Waals surface area contributed by atoms with Crippen LogP contribution in [0, 0.1) is 0 Å². The third-order valence-electron chi connectivity index (χ3n) is 3.52. The first-order valence-corrected chi connectivity index (χ1v) is 7.76. The molecule has 1 heterocycles. The number of rotatable bonds is 6. The first kappa shape index (κ1) is 16.9. The van der Waals surface area contributed by atoms with E-state index in [-0.39, 0.29) is 0 Å². The van der Waals surface area contributed by atoms with Crippen molar-refractivity contribution in [3.8, 4) is 17.2 Å². The Morgan fingerprint density at radius 3 is 2.44 bits per heavy atom. The molecule has 0 aliphatic rings. The van der Waals surface area contributed by atoms with E-state index in [9.17, 15) is 0 Å². The molecule has 0 amide bonds. The molecule has 0 saturated carbocycles. The van der Waals surface area contributed by atoms with Crippen LogP contribution in [-0.2, 0) is 0 Å². The van der Waals surface area contributed by atoms with Crippen molar-refractivity contribution in [3.63, 3.8) is 0 Å². The number of hydrazone groups is 1. The number of ether oxygens (including phenoxy) is 3. The van der Waals surface area contributed by atoms with Gasteiger partial charge in [-0.25, -0.2) is 10.4 Å². The topological polar surface area (TPSA) is 80.8 Å². The number of hydrogen-bond donors (Lipinski definition) is 2. The van der Waals surface area contributed by atoms with Crippen molar-refractivity contribution < 1.29 is 14.2 Å². The summed E-state index contributed by atoms with van der Waals surface area (Å²) in [7, 11) is 4.69. The Labute approximate surface area is 149 Å². The van der Waals surface area contributed by atoms with Gasteiger partial charge in [0.05, 0.1) is 38.6 Å². The maximum atomic E-state index is 5.96. The van der Waals surface area contributed by atoms with Crippen LogP contribution in [0.5, 0.6) is 17.2 Å². The largest absolute Gasteiger partial charge is 0.493 e. The van der Waals surface area contributed by atoms with E-state index in [1.165, 1.54) is 0 Å². The van der Waals surface area contributed by atoms with Gasteiger partial charge in [-0.1, -0.05) is 11.6 Å². The number of imidazole rings is 1. The molecule has 25 heavy (non-hydrogen) atoms. The molecule has 8 heteroatoms. The highest BCUT2D eigenvalue weighted by Gasteiger charge is 2.12. The van der Waals surface area contributed by atoms with Gasteiger partial charge in [-0.2, -0.15) is 5.10 Å². The molecule has 2 aromatic carbocycles. The van der Waals surface area contributed by atoms with Crippen LogP contribution >= 0.6 is 11.6 Å². The zero-order chi connectivity index (χ0) is 17.8. The fraction of sp³-hybridized carbons (Fsp3) is 0.176. The number of aromatic nitrogens is 2. The summed E-state index contributed by atoms with van der Waals surface area (Å²) in [5, 5.41) is 4.82. The number of nitrogens with zero attached hydrogens (tertiary/aromatic N) is 2. The Kier molecular flexibility index (Phi) is 4.95. The van der Waals surface area contributed by atoms with Gasteiger partial charge >= 0.3 is 0 Å². The number of halogens is 1. The molecule has 0 spiro atoms. The minimum atomic E-state index is 0.515. The van der Waals surface area contributed by atoms with Crippen molar-refractivity contribution in [1.82, 2.24) is 9.97 Å². The van der Waals surface area contributed by atoms with Crippen LogP contribution < -0.4 is 19.6 Å². The highest BCUT2D eigenvalue weighted by Crippen LogP contribution is 2.37. The number of fused-ring (bicyclic) bond motifs is 1. The zero-order valence-corrected chi connectivity index (χ0v) is 14.7. The maximum absolute atomic E-state index is 5.96. The summed E-state index contributed by atoms with van der Waals surface area (Å²) in [5.74, 6) is 2.16. The van der Waals surface area contributed by atoms with Gasteiger partial charge in [0, 0.05) is 10.6 Å². The van der Waals surface area contributed by atoms with E-state index < -0.39 is 0 Å². The lowest BCUT2D eigenvalue weighted by Crippen LogP contribution is -1.98. The van der Waals surface area contributed by atoms with Crippen LogP contribution in [0.2, 0.25) is 5.02 Å². The second-order valence-corrected chi connectivity index (χ2v) is 5.51. The summed E-state index contributed by atoms with van der Waals surface area (Å²) in [6.07, 6.45) is 1.63. The van der Waals surface area contributed by atoms with Gasteiger partial charge in [-0.05, 0) is 30.3 Å². The van der Waals surface area contributed by atoms with Crippen LogP contribution in [0.15, 0.2) is 35.4 Å². The van der Waals surface area contributed by atoms with E-state index >= 15 is 0 Å². The predicted octanol–water partition coefficient (Wildman–Crippen LogP) is 3.69. The molecular formula is C17H17ClN4O3. The Morgan fingerprint density at radius 2 is 1.80 bits per heavy atom. The van der Waals surface area contributed by atoms with E-state index in [4.69, 9.17) is 25.8 Å². The Morgan fingerprint density at radius 1 is 1.08 bits per heavy atom. The normalized spacial score (nSPS) is 11.0. The fourth-order valence-electron chi connectivity index (χ4n) is 2.38. The SMILES string of the molecule is COc1cc(/C=N/Nc2nc3ccc(Cl)cc3[nH]2)cc(OC)c1OC. The van der Waals surface area contributed by atoms with E-state index in [0.29, 0.717) is 28.2 Å². The van der Waals surface area contributed by atoms with E-state index in [2.05, 4.69) is 20.5 Å². The minimum Gasteiger partial charge on any atom is -0.493 e. The van der Waals surface area contributed by atoms with Crippen LogP contribution in [-0.4, -0.2) is 37.5 Å². The molecule has 0 unspecified atom stereocenters. The first-order chi connectivity index (χ1) is 12.1. The summed E-state index contributed by atoms with van der Waals surface area (Å²) in [6.45, 7) is 0. The summed E-state index contributed by atoms with van der Waals surface area (Å²) < 4.78 is 15.9. The first-order valence-electron chi connectivity index (χ1n) is 7.39. The number of nitrogens with one attached hydrogen (secondary N) is 2. The number of methoxy groups -OCH3 is 3. The number of hydrogen-bond acceptors (Lipinski definition) is 6. The number of anilines is 1. The molecule has 2 N–H and O–H groups in total. The number of H-pyrrole nitrogens is 1. The quantitative estimate of drug-likeness (QED) is 0.517. The summed E-state index contributed by atoms with van der Waals surface area (Å²) in [6, 6.07) is 9.02. The van der Waals surface area contributed by atoms with Crippen LogP contribution in [0.1, 0.15) is 5.56 Å². The molecule has 0 atom stereocenters. The van der Waals surface area contributed by atoms with Crippen molar-refractivity contribution in [2.75, 3.05) is 26.8 Å². The van der Waals surface area contributed by atoms with Gasteiger partial charge in [0.1, 0.15) is 0 Å². The Balaban J connectivity index is 1.81. The number of aromatic amines is 1. The molecule has 0 radical (unpaired) electrons.